The Balaban J connectivity index is 1.70. The summed E-state index contributed by atoms with van der Waals surface area (Å²) in [6.07, 6.45) is 7.97. The second-order valence-electron chi connectivity index (χ2n) is 6.27. The van der Waals surface area contributed by atoms with Gasteiger partial charge in [-0.3, -0.25) is 0 Å². The van der Waals surface area contributed by atoms with Crippen LogP contribution in [0.5, 0.6) is 0 Å². The van der Waals surface area contributed by atoms with Crippen molar-refractivity contribution in [2.24, 2.45) is 23.7 Å². The van der Waals surface area contributed by atoms with Crippen LogP contribution < -0.4 is 0 Å². The van der Waals surface area contributed by atoms with E-state index in [0.29, 0.717) is 6.10 Å². The Morgan fingerprint density at radius 2 is 1.60 bits per heavy atom. The lowest BCUT2D eigenvalue weighted by Crippen LogP contribution is -2.55. The molecule has 4 bridgehead atoms. The molecule has 5 aliphatic rings. The average Bonchev–Trinajstić information content (AvgIpc) is 2.57. The van der Waals surface area contributed by atoms with Gasteiger partial charge in [-0.2, -0.15) is 0 Å². The average molecular weight is 224 g/mol. The molecule has 0 aromatic carbocycles. The highest BCUT2D eigenvalue weighted by Crippen LogP contribution is 2.65. The fourth-order valence-corrected chi connectivity index (χ4v) is 6.55. The normalized spacial score (nSPS) is 61.8. The third-order valence-electron chi connectivity index (χ3n) is 5.21. The Morgan fingerprint density at radius 1 is 1.00 bits per heavy atom. The summed E-state index contributed by atoms with van der Waals surface area (Å²) in [7, 11) is 0. The zero-order valence-corrected chi connectivity index (χ0v) is 10.3. The first-order chi connectivity index (χ1) is 7.26. The number of hydrogen-bond donors (Lipinski definition) is 0. The third kappa shape index (κ3) is 1.16. The van der Waals surface area contributed by atoms with Crippen molar-refractivity contribution in [1.29, 1.82) is 0 Å². The van der Waals surface area contributed by atoms with Crippen LogP contribution in [-0.2, 0) is 4.74 Å². The SMILES string of the molecule is CC1CSC2(O1)C1CC3CC(C1)CC2C3. The van der Waals surface area contributed by atoms with Crippen molar-refractivity contribution in [2.45, 2.75) is 50.1 Å². The minimum absolute atomic E-state index is 0.285. The third-order valence-corrected chi connectivity index (χ3v) is 7.06. The molecule has 5 rings (SSSR count). The van der Waals surface area contributed by atoms with Crippen LogP contribution in [0.1, 0.15) is 39.0 Å². The van der Waals surface area contributed by atoms with E-state index in [9.17, 15) is 0 Å². The zero-order valence-electron chi connectivity index (χ0n) is 9.45. The van der Waals surface area contributed by atoms with Gasteiger partial charge in [0.15, 0.2) is 0 Å². The topological polar surface area (TPSA) is 9.23 Å². The summed E-state index contributed by atoms with van der Waals surface area (Å²) in [5.41, 5.74) is 0. The highest BCUT2D eigenvalue weighted by atomic mass is 32.2. The lowest BCUT2D eigenvalue weighted by molar-refractivity contribution is -0.155. The summed E-state index contributed by atoms with van der Waals surface area (Å²) in [6, 6.07) is 0. The maximum absolute atomic E-state index is 6.39. The second kappa shape index (κ2) is 2.95. The molecule has 0 N–H and O–H groups in total. The van der Waals surface area contributed by atoms with Gasteiger partial charge in [-0.1, -0.05) is 0 Å². The van der Waals surface area contributed by atoms with Crippen molar-refractivity contribution in [3.8, 4) is 0 Å². The molecule has 84 valence electrons. The van der Waals surface area contributed by atoms with Crippen LogP contribution >= 0.6 is 11.8 Å². The number of ether oxygens (including phenoxy) is 1. The maximum Gasteiger partial charge on any atom is 0.119 e. The van der Waals surface area contributed by atoms with E-state index in [4.69, 9.17) is 4.74 Å². The summed E-state index contributed by atoms with van der Waals surface area (Å²) < 4.78 is 6.39. The van der Waals surface area contributed by atoms with Crippen LogP contribution in [0, 0.1) is 23.7 Å². The molecular formula is C13H20OS. The fourth-order valence-electron chi connectivity index (χ4n) is 4.90. The molecule has 1 nitrogen and oxygen atoms in total. The van der Waals surface area contributed by atoms with Gasteiger partial charge in [-0.25, -0.2) is 0 Å². The first kappa shape index (κ1) is 9.35. The molecule has 1 aliphatic heterocycles. The lowest BCUT2D eigenvalue weighted by Gasteiger charge is -2.58. The van der Waals surface area contributed by atoms with E-state index in [1.165, 1.54) is 31.4 Å². The van der Waals surface area contributed by atoms with E-state index >= 15 is 0 Å². The van der Waals surface area contributed by atoms with Gasteiger partial charge >= 0.3 is 0 Å². The Hall–Kier alpha value is 0.310. The highest BCUT2D eigenvalue weighted by Gasteiger charge is 2.60. The minimum atomic E-state index is 0.285. The molecular weight excluding hydrogens is 204 g/mol. The highest BCUT2D eigenvalue weighted by molar-refractivity contribution is 8.00. The Kier molecular flexibility index (Phi) is 1.84. The van der Waals surface area contributed by atoms with Crippen LogP contribution in [0.3, 0.4) is 0 Å². The van der Waals surface area contributed by atoms with Crippen LogP contribution in [0.25, 0.3) is 0 Å². The molecule has 0 aromatic heterocycles. The smallest absolute Gasteiger partial charge is 0.119 e. The van der Waals surface area contributed by atoms with E-state index in [1.54, 1.807) is 6.42 Å². The summed E-state index contributed by atoms with van der Waals surface area (Å²) >= 11 is 2.17. The van der Waals surface area contributed by atoms with Crippen LogP contribution in [-0.4, -0.2) is 16.8 Å². The number of hydrogen-bond acceptors (Lipinski definition) is 2. The van der Waals surface area contributed by atoms with E-state index < -0.39 is 0 Å². The van der Waals surface area contributed by atoms with E-state index in [1.807, 2.05) is 0 Å². The zero-order chi connectivity index (χ0) is 10.0. The molecule has 15 heavy (non-hydrogen) atoms. The molecule has 0 radical (unpaired) electrons. The Bertz CT molecular complexity index is 260. The summed E-state index contributed by atoms with van der Waals surface area (Å²) in [4.78, 5) is 0.285. The molecule has 2 heteroatoms. The minimum Gasteiger partial charge on any atom is -0.360 e. The monoisotopic (exact) mass is 224 g/mol. The lowest BCUT2D eigenvalue weighted by atomic mass is 9.54. The van der Waals surface area contributed by atoms with E-state index in [2.05, 4.69) is 18.7 Å². The van der Waals surface area contributed by atoms with Crippen molar-refractivity contribution < 1.29 is 4.74 Å². The first-order valence-electron chi connectivity index (χ1n) is 6.58. The molecule has 1 spiro atoms. The molecule has 4 saturated carbocycles. The van der Waals surface area contributed by atoms with Gasteiger partial charge in [-0.05, 0) is 62.7 Å². The van der Waals surface area contributed by atoms with Gasteiger partial charge in [0, 0.05) is 5.75 Å². The number of rotatable bonds is 0. The van der Waals surface area contributed by atoms with Crippen LogP contribution in [0.15, 0.2) is 0 Å². The second-order valence-corrected chi connectivity index (χ2v) is 7.53. The first-order valence-corrected chi connectivity index (χ1v) is 7.56. The van der Waals surface area contributed by atoms with Gasteiger partial charge in [0.25, 0.3) is 0 Å². The summed E-state index contributed by atoms with van der Waals surface area (Å²) in [6.45, 7) is 2.26. The molecule has 0 aromatic rings. The predicted octanol–water partition coefficient (Wildman–Crippen LogP) is 3.29. The predicted molar refractivity (Wildman–Crippen MR) is 62.8 cm³/mol. The number of thioether (sulfide) groups is 1. The fraction of sp³-hybridized carbons (Fsp3) is 1.00. The summed E-state index contributed by atoms with van der Waals surface area (Å²) in [5, 5.41) is 0. The van der Waals surface area contributed by atoms with E-state index in [0.717, 1.165) is 23.7 Å². The van der Waals surface area contributed by atoms with Crippen molar-refractivity contribution in [2.75, 3.05) is 5.75 Å². The molecule has 1 unspecified atom stereocenters. The van der Waals surface area contributed by atoms with Crippen molar-refractivity contribution in [3.05, 3.63) is 0 Å². The van der Waals surface area contributed by atoms with Gasteiger partial charge < -0.3 is 4.74 Å². The van der Waals surface area contributed by atoms with Gasteiger partial charge in [-0.15, -0.1) is 11.8 Å². The van der Waals surface area contributed by atoms with Gasteiger partial charge in [0.05, 0.1) is 6.10 Å². The quantitative estimate of drug-likeness (QED) is 0.624. The maximum atomic E-state index is 6.39. The van der Waals surface area contributed by atoms with Crippen molar-refractivity contribution >= 4 is 11.8 Å². The standard InChI is InChI=1S/C13H20OS/c1-8-7-15-13(14-8)11-3-9-2-10(5-11)6-12(13)4-9/h8-12H,2-7H2,1H3. The van der Waals surface area contributed by atoms with Crippen LogP contribution in [0.2, 0.25) is 0 Å². The molecule has 1 atom stereocenters. The molecule has 4 aliphatic carbocycles. The van der Waals surface area contributed by atoms with Gasteiger partial charge in [0.2, 0.25) is 0 Å². The van der Waals surface area contributed by atoms with Crippen molar-refractivity contribution in [3.63, 3.8) is 0 Å². The van der Waals surface area contributed by atoms with Gasteiger partial charge in [0.1, 0.15) is 4.93 Å². The molecule has 5 fully saturated rings. The van der Waals surface area contributed by atoms with Crippen molar-refractivity contribution in [1.82, 2.24) is 0 Å². The largest absolute Gasteiger partial charge is 0.360 e. The molecule has 1 heterocycles. The summed E-state index contributed by atoms with van der Waals surface area (Å²) in [5.74, 6) is 5.19. The van der Waals surface area contributed by atoms with Crippen LogP contribution in [0.4, 0.5) is 0 Å². The Labute approximate surface area is 96.3 Å². The molecule has 0 amide bonds. The Morgan fingerprint density at radius 3 is 2.07 bits per heavy atom. The van der Waals surface area contributed by atoms with E-state index in [-0.39, 0.29) is 4.93 Å². The molecule has 1 saturated heterocycles.